The highest BCUT2D eigenvalue weighted by Crippen LogP contribution is 2.40. The Bertz CT molecular complexity index is 1530. The Morgan fingerprint density at radius 1 is 1.22 bits per heavy atom. The van der Waals surface area contributed by atoms with Crippen LogP contribution in [0.15, 0.2) is 51.9 Å². The minimum atomic E-state index is -0.320. The SMILES string of the molecule is CC1(C)Cc2c(sc3c2c2nc(-c4ccco4)nn2c(=O)n3Cc2ccc(F)cc2)CO1. The summed E-state index contributed by atoms with van der Waals surface area (Å²) in [6.45, 7) is 4.90. The number of hydrogen-bond acceptors (Lipinski definition) is 6. The van der Waals surface area contributed by atoms with Crippen LogP contribution in [0.5, 0.6) is 0 Å². The predicted molar refractivity (Wildman–Crippen MR) is 118 cm³/mol. The van der Waals surface area contributed by atoms with Gasteiger partial charge >= 0.3 is 5.69 Å². The second-order valence-corrected chi connectivity index (χ2v) is 9.64. The zero-order chi connectivity index (χ0) is 22.0. The number of halogens is 1. The lowest BCUT2D eigenvalue weighted by Crippen LogP contribution is -2.31. The summed E-state index contributed by atoms with van der Waals surface area (Å²) in [5.74, 6) is 0.547. The number of aromatic nitrogens is 4. The fourth-order valence-electron chi connectivity index (χ4n) is 4.19. The van der Waals surface area contributed by atoms with Crippen LogP contribution in [0.2, 0.25) is 0 Å². The first kappa shape index (κ1) is 19.4. The Balaban J connectivity index is 1.66. The molecule has 9 heteroatoms. The van der Waals surface area contributed by atoms with Gasteiger partial charge in [0.2, 0.25) is 5.82 Å². The minimum absolute atomic E-state index is 0.297. The van der Waals surface area contributed by atoms with E-state index in [1.165, 1.54) is 16.6 Å². The number of rotatable bonds is 3. The highest BCUT2D eigenvalue weighted by Gasteiger charge is 2.32. The molecule has 5 aromatic rings. The summed E-state index contributed by atoms with van der Waals surface area (Å²) in [6, 6.07) is 9.70. The summed E-state index contributed by atoms with van der Waals surface area (Å²) in [5, 5.41) is 5.39. The van der Waals surface area contributed by atoms with Crippen LogP contribution >= 0.6 is 11.3 Å². The Morgan fingerprint density at radius 2 is 2.03 bits per heavy atom. The molecule has 1 aromatic carbocycles. The molecule has 1 aliphatic rings. The van der Waals surface area contributed by atoms with Crippen molar-refractivity contribution >= 4 is 27.2 Å². The summed E-state index contributed by atoms with van der Waals surface area (Å²) in [6.07, 6.45) is 2.26. The highest BCUT2D eigenvalue weighted by molar-refractivity contribution is 7.19. The number of ether oxygens (including phenoxy) is 1. The average Bonchev–Trinajstić information content (AvgIpc) is 3.49. The summed E-state index contributed by atoms with van der Waals surface area (Å²) < 4.78 is 27.9. The van der Waals surface area contributed by atoms with Gasteiger partial charge < -0.3 is 9.15 Å². The maximum absolute atomic E-state index is 13.5. The predicted octanol–water partition coefficient (Wildman–Crippen LogP) is 4.40. The van der Waals surface area contributed by atoms with Gasteiger partial charge in [-0.2, -0.15) is 4.52 Å². The van der Waals surface area contributed by atoms with Gasteiger partial charge in [0.15, 0.2) is 11.4 Å². The number of thiophene rings is 1. The molecular weight excluding hydrogens is 431 g/mol. The Kier molecular flexibility index (Phi) is 4.15. The van der Waals surface area contributed by atoms with E-state index in [0.29, 0.717) is 36.8 Å². The van der Waals surface area contributed by atoms with Gasteiger partial charge in [-0.15, -0.1) is 16.4 Å². The second kappa shape index (κ2) is 6.85. The van der Waals surface area contributed by atoms with E-state index in [9.17, 15) is 9.18 Å². The van der Waals surface area contributed by atoms with Crippen LogP contribution in [0.3, 0.4) is 0 Å². The van der Waals surface area contributed by atoms with Crippen LogP contribution < -0.4 is 5.69 Å². The number of hydrogen-bond donors (Lipinski definition) is 0. The fourth-order valence-corrected chi connectivity index (χ4v) is 5.41. The number of fused-ring (bicyclic) bond motifs is 5. The highest BCUT2D eigenvalue weighted by atomic mass is 32.1. The third-order valence-corrected chi connectivity index (χ3v) is 6.98. The van der Waals surface area contributed by atoms with E-state index < -0.39 is 0 Å². The van der Waals surface area contributed by atoms with Crippen LogP contribution in [0, 0.1) is 5.82 Å². The largest absolute Gasteiger partial charge is 0.461 e. The van der Waals surface area contributed by atoms with Gasteiger partial charge in [-0.05, 0) is 49.2 Å². The molecule has 0 saturated carbocycles. The lowest BCUT2D eigenvalue weighted by molar-refractivity contribution is -0.0379. The summed E-state index contributed by atoms with van der Waals surface area (Å²) in [7, 11) is 0. The van der Waals surface area contributed by atoms with Gasteiger partial charge in [0, 0.05) is 11.3 Å². The maximum atomic E-state index is 13.5. The topological polar surface area (TPSA) is 74.6 Å². The zero-order valence-electron chi connectivity index (χ0n) is 17.5. The van der Waals surface area contributed by atoms with Crippen LogP contribution in [-0.4, -0.2) is 24.8 Å². The molecular formula is C23H19FN4O3S. The van der Waals surface area contributed by atoms with Gasteiger partial charge in [0.1, 0.15) is 10.6 Å². The van der Waals surface area contributed by atoms with Crippen LogP contribution in [0.1, 0.15) is 29.9 Å². The first-order valence-corrected chi connectivity index (χ1v) is 11.1. The summed E-state index contributed by atoms with van der Waals surface area (Å²) in [4.78, 5) is 20.1. The van der Waals surface area contributed by atoms with E-state index in [1.807, 2.05) is 0 Å². The van der Waals surface area contributed by atoms with Crippen molar-refractivity contribution in [1.29, 1.82) is 0 Å². The third-order valence-electron chi connectivity index (χ3n) is 5.75. The van der Waals surface area contributed by atoms with Gasteiger partial charge in [0.25, 0.3) is 0 Å². The fraction of sp³-hybridized carbons (Fsp3) is 0.261. The molecule has 162 valence electrons. The van der Waals surface area contributed by atoms with Crippen molar-refractivity contribution in [3.8, 4) is 11.6 Å². The Labute approximate surface area is 185 Å². The minimum Gasteiger partial charge on any atom is -0.461 e. The lowest BCUT2D eigenvalue weighted by atomic mass is 9.94. The molecule has 0 N–H and O–H groups in total. The molecule has 0 atom stereocenters. The van der Waals surface area contributed by atoms with Gasteiger partial charge in [-0.3, -0.25) is 4.57 Å². The molecule has 6 rings (SSSR count). The van der Waals surface area contributed by atoms with E-state index in [2.05, 4.69) is 18.9 Å². The van der Waals surface area contributed by atoms with Crippen LogP contribution in [0.4, 0.5) is 4.39 Å². The van der Waals surface area contributed by atoms with Gasteiger partial charge in [0.05, 0.1) is 30.4 Å². The van der Waals surface area contributed by atoms with E-state index in [-0.39, 0.29) is 17.1 Å². The van der Waals surface area contributed by atoms with Crippen molar-refractivity contribution in [1.82, 2.24) is 19.2 Å². The molecule has 0 fully saturated rings. The molecule has 0 aliphatic carbocycles. The normalized spacial score (nSPS) is 15.5. The van der Waals surface area contributed by atoms with Crippen LogP contribution in [-0.2, 0) is 24.3 Å². The molecule has 0 unspecified atom stereocenters. The van der Waals surface area contributed by atoms with Crippen molar-refractivity contribution in [2.45, 2.75) is 39.0 Å². The number of benzene rings is 1. The van der Waals surface area contributed by atoms with Crippen LogP contribution in [0.25, 0.3) is 27.4 Å². The van der Waals surface area contributed by atoms with Crippen molar-refractivity contribution in [2.75, 3.05) is 0 Å². The Hall–Kier alpha value is -3.30. The molecule has 1 aliphatic heterocycles. The molecule has 4 aromatic heterocycles. The van der Waals surface area contributed by atoms with Crippen molar-refractivity contribution in [2.24, 2.45) is 0 Å². The van der Waals surface area contributed by atoms with E-state index in [0.717, 1.165) is 26.2 Å². The Morgan fingerprint density at radius 3 is 2.78 bits per heavy atom. The molecule has 0 spiro atoms. The van der Waals surface area contributed by atoms with Gasteiger partial charge in [-0.1, -0.05) is 12.1 Å². The summed E-state index contributed by atoms with van der Waals surface area (Å²) in [5.41, 5.74) is 1.85. The van der Waals surface area contributed by atoms with Crippen molar-refractivity contribution in [3.63, 3.8) is 0 Å². The van der Waals surface area contributed by atoms with Gasteiger partial charge in [-0.25, -0.2) is 14.2 Å². The lowest BCUT2D eigenvalue weighted by Gasteiger charge is -2.30. The van der Waals surface area contributed by atoms with Crippen molar-refractivity contribution < 1.29 is 13.5 Å². The van der Waals surface area contributed by atoms with E-state index >= 15 is 0 Å². The van der Waals surface area contributed by atoms with E-state index in [4.69, 9.17) is 14.1 Å². The standard InChI is InChI=1S/C23H19FN4O3S/c1-23(2)10-15-17(12-31-23)32-21-18(15)20-25-19(16-4-3-9-30-16)26-28(20)22(29)27(21)11-13-5-7-14(24)8-6-13/h3-9H,10-12H2,1-2H3. The zero-order valence-corrected chi connectivity index (χ0v) is 18.3. The first-order chi connectivity index (χ1) is 15.4. The van der Waals surface area contributed by atoms with E-state index in [1.54, 1.807) is 46.4 Å². The molecule has 5 heterocycles. The third kappa shape index (κ3) is 3.00. The number of nitrogens with zero attached hydrogens (tertiary/aromatic N) is 4. The quantitative estimate of drug-likeness (QED) is 0.407. The first-order valence-electron chi connectivity index (χ1n) is 10.3. The average molecular weight is 450 g/mol. The number of furan rings is 1. The maximum Gasteiger partial charge on any atom is 0.352 e. The second-order valence-electron chi connectivity index (χ2n) is 8.55. The monoisotopic (exact) mass is 450 g/mol. The molecule has 7 nitrogen and oxygen atoms in total. The molecule has 32 heavy (non-hydrogen) atoms. The smallest absolute Gasteiger partial charge is 0.352 e. The molecule has 0 bridgehead atoms. The molecule has 0 saturated heterocycles. The summed E-state index contributed by atoms with van der Waals surface area (Å²) >= 11 is 1.54. The molecule has 0 amide bonds. The van der Waals surface area contributed by atoms with Crippen molar-refractivity contribution in [3.05, 3.63) is 75.0 Å². The molecule has 0 radical (unpaired) electrons.